The van der Waals surface area contributed by atoms with Gasteiger partial charge in [0.1, 0.15) is 24.4 Å². The zero-order valence-electron chi connectivity index (χ0n) is 29.3. The van der Waals surface area contributed by atoms with Crippen molar-refractivity contribution in [3.8, 4) is 0 Å². The lowest BCUT2D eigenvalue weighted by Gasteiger charge is -2.40. The molecule has 7 unspecified atom stereocenters. The van der Waals surface area contributed by atoms with E-state index in [1.54, 1.807) is 6.08 Å². The molecule has 1 amide bonds. The van der Waals surface area contributed by atoms with Crippen molar-refractivity contribution in [3.63, 3.8) is 0 Å². The van der Waals surface area contributed by atoms with Crippen LogP contribution in [0.3, 0.4) is 0 Å². The first kappa shape index (κ1) is 43.2. The zero-order valence-corrected chi connectivity index (χ0v) is 29.3. The molecule has 0 aliphatic carbocycles. The van der Waals surface area contributed by atoms with Crippen LogP contribution in [-0.2, 0) is 14.3 Å². The molecule has 0 spiro atoms. The molecule has 0 aromatic carbocycles. The van der Waals surface area contributed by atoms with Crippen LogP contribution >= 0.6 is 0 Å². The summed E-state index contributed by atoms with van der Waals surface area (Å²) in [7, 11) is 0. The monoisotopic (exact) mass is 665 g/mol. The van der Waals surface area contributed by atoms with Crippen LogP contribution in [-0.4, -0.2) is 87.5 Å². The molecule has 0 bridgehead atoms. The van der Waals surface area contributed by atoms with E-state index in [0.717, 1.165) is 70.6 Å². The summed E-state index contributed by atoms with van der Waals surface area (Å²) in [6, 6.07) is -0.828. The minimum atomic E-state index is -1.57. The molecule has 1 aliphatic heterocycles. The number of amides is 1. The van der Waals surface area contributed by atoms with Gasteiger partial charge in [-0.25, -0.2) is 0 Å². The Labute approximate surface area is 284 Å². The third kappa shape index (κ3) is 21.0. The van der Waals surface area contributed by atoms with E-state index in [2.05, 4.69) is 55.6 Å². The number of rotatable bonds is 28. The molecular formula is C38H67NO8. The van der Waals surface area contributed by atoms with Crippen LogP contribution < -0.4 is 5.32 Å². The van der Waals surface area contributed by atoms with Gasteiger partial charge in [-0.3, -0.25) is 4.79 Å². The van der Waals surface area contributed by atoms with Crippen molar-refractivity contribution in [2.75, 3.05) is 13.2 Å². The van der Waals surface area contributed by atoms with Gasteiger partial charge in [-0.05, 0) is 64.2 Å². The quantitative estimate of drug-likeness (QED) is 0.0445. The molecule has 1 fully saturated rings. The number of allylic oxidation sites excluding steroid dienone is 7. The second kappa shape index (κ2) is 29.1. The lowest BCUT2D eigenvalue weighted by Crippen LogP contribution is -2.60. The van der Waals surface area contributed by atoms with Crippen LogP contribution in [0.25, 0.3) is 0 Å². The fourth-order valence-corrected chi connectivity index (χ4v) is 5.36. The van der Waals surface area contributed by atoms with Gasteiger partial charge in [-0.2, -0.15) is 0 Å². The number of hydrogen-bond donors (Lipinski definition) is 6. The maximum Gasteiger partial charge on any atom is 0.220 e. The number of carbonyl (C=O) groups is 1. The molecule has 0 saturated carbocycles. The molecule has 0 aromatic rings. The molecule has 1 heterocycles. The molecule has 9 nitrogen and oxygen atoms in total. The predicted octanol–water partition coefficient (Wildman–Crippen LogP) is 5.94. The number of aliphatic hydroxyl groups excluding tert-OH is 5. The van der Waals surface area contributed by atoms with Gasteiger partial charge >= 0.3 is 0 Å². The van der Waals surface area contributed by atoms with E-state index < -0.39 is 49.5 Å². The standard InChI is InChI=1S/C38H67NO8/c1-3-5-7-9-11-13-15-16-17-18-20-22-24-26-28-34(42)39-31(30-46-38-37(45)36(44)35(43)33(29-40)47-38)32(41)27-25-23-21-19-14-12-10-8-6-4-2/h6,8,14-16,19,25,27,31-33,35-38,40-41,43-45H,3-5,7,9-13,17-18,20-24,26,28-30H2,1-2H3,(H,39,42)/b8-6+,16-15-,19-14+,27-25+. The van der Waals surface area contributed by atoms with Crippen LogP contribution in [0.1, 0.15) is 129 Å². The topological polar surface area (TPSA) is 149 Å². The van der Waals surface area contributed by atoms with Crippen LogP contribution in [0.2, 0.25) is 0 Å². The molecule has 1 rings (SSSR count). The van der Waals surface area contributed by atoms with Gasteiger partial charge < -0.3 is 40.3 Å². The Morgan fingerprint density at radius 3 is 1.89 bits per heavy atom. The Kier molecular flexibility index (Phi) is 26.7. The number of carbonyl (C=O) groups excluding carboxylic acids is 1. The van der Waals surface area contributed by atoms with E-state index in [-0.39, 0.29) is 12.5 Å². The fourth-order valence-electron chi connectivity index (χ4n) is 5.36. The number of aliphatic hydroxyl groups is 5. The van der Waals surface area contributed by atoms with E-state index in [1.807, 2.05) is 6.08 Å². The number of unbranched alkanes of at least 4 members (excludes halogenated alkanes) is 12. The first-order valence-electron chi connectivity index (χ1n) is 18.4. The molecule has 47 heavy (non-hydrogen) atoms. The second-order valence-electron chi connectivity index (χ2n) is 12.6. The minimum Gasteiger partial charge on any atom is -0.394 e. The van der Waals surface area contributed by atoms with Crippen LogP contribution in [0.5, 0.6) is 0 Å². The Bertz CT molecular complexity index is 874. The van der Waals surface area contributed by atoms with E-state index in [4.69, 9.17) is 9.47 Å². The Hall–Kier alpha value is -1.85. The minimum absolute atomic E-state index is 0.207. The zero-order chi connectivity index (χ0) is 34.5. The van der Waals surface area contributed by atoms with Crippen molar-refractivity contribution in [2.45, 2.75) is 172 Å². The lowest BCUT2D eigenvalue weighted by atomic mass is 9.99. The summed E-state index contributed by atoms with van der Waals surface area (Å²) >= 11 is 0. The van der Waals surface area contributed by atoms with Gasteiger partial charge in [0.2, 0.25) is 5.91 Å². The molecule has 272 valence electrons. The Morgan fingerprint density at radius 1 is 0.723 bits per heavy atom. The van der Waals surface area contributed by atoms with E-state index in [0.29, 0.717) is 6.42 Å². The molecule has 7 atom stereocenters. The summed E-state index contributed by atoms with van der Waals surface area (Å²) in [5, 5.41) is 53.7. The SMILES string of the molecule is CC/C=C/CC/C=C/CC/C=C/C(O)C(COC1OC(CO)C(O)C(O)C1O)NC(=O)CCCCCCC/C=C\CCCCCCC. The van der Waals surface area contributed by atoms with Gasteiger partial charge in [0.15, 0.2) is 6.29 Å². The lowest BCUT2D eigenvalue weighted by molar-refractivity contribution is -0.302. The van der Waals surface area contributed by atoms with Crippen molar-refractivity contribution in [1.82, 2.24) is 5.32 Å². The van der Waals surface area contributed by atoms with Gasteiger partial charge in [-0.15, -0.1) is 0 Å². The van der Waals surface area contributed by atoms with E-state index in [9.17, 15) is 30.3 Å². The Balaban J connectivity index is 2.50. The average molecular weight is 666 g/mol. The Morgan fingerprint density at radius 2 is 1.28 bits per heavy atom. The molecule has 6 N–H and O–H groups in total. The van der Waals surface area contributed by atoms with Crippen molar-refractivity contribution in [2.24, 2.45) is 0 Å². The second-order valence-corrected chi connectivity index (χ2v) is 12.6. The predicted molar refractivity (Wildman–Crippen MR) is 189 cm³/mol. The smallest absolute Gasteiger partial charge is 0.220 e. The molecule has 9 heteroatoms. The highest BCUT2D eigenvalue weighted by molar-refractivity contribution is 5.76. The van der Waals surface area contributed by atoms with Crippen molar-refractivity contribution < 1.29 is 39.8 Å². The number of hydrogen-bond acceptors (Lipinski definition) is 8. The third-order valence-electron chi connectivity index (χ3n) is 8.37. The molecular weight excluding hydrogens is 598 g/mol. The van der Waals surface area contributed by atoms with Crippen LogP contribution in [0.4, 0.5) is 0 Å². The van der Waals surface area contributed by atoms with E-state index in [1.165, 1.54) is 38.5 Å². The summed E-state index contributed by atoms with van der Waals surface area (Å²) in [5.41, 5.74) is 0. The summed E-state index contributed by atoms with van der Waals surface area (Å²) in [6.07, 6.45) is 27.3. The maximum absolute atomic E-state index is 12.8. The highest BCUT2D eigenvalue weighted by atomic mass is 16.7. The molecule has 1 saturated heterocycles. The summed E-state index contributed by atoms with van der Waals surface area (Å²) < 4.78 is 11.1. The van der Waals surface area contributed by atoms with Crippen molar-refractivity contribution in [1.29, 1.82) is 0 Å². The normalized spacial score (nSPS) is 23.4. The van der Waals surface area contributed by atoms with Crippen molar-refractivity contribution in [3.05, 3.63) is 48.6 Å². The maximum atomic E-state index is 12.8. The summed E-state index contributed by atoms with van der Waals surface area (Å²) in [6.45, 7) is 3.57. The van der Waals surface area contributed by atoms with Crippen LogP contribution in [0, 0.1) is 0 Å². The van der Waals surface area contributed by atoms with Crippen LogP contribution in [0.15, 0.2) is 48.6 Å². The van der Waals surface area contributed by atoms with Gasteiger partial charge in [-0.1, -0.05) is 107 Å². The van der Waals surface area contributed by atoms with Gasteiger partial charge in [0.05, 0.1) is 25.4 Å². The first-order chi connectivity index (χ1) is 22.8. The van der Waals surface area contributed by atoms with Crippen molar-refractivity contribution >= 4 is 5.91 Å². The van der Waals surface area contributed by atoms with Gasteiger partial charge in [0, 0.05) is 6.42 Å². The molecule has 1 aliphatic rings. The highest BCUT2D eigenvalue weighted by Gasteiger charge is 2.44. The number of ether oxygens (including phenoxy) is 2. The molecule has 0 radical (unpaired) electrons. The fraction of sp³-hybridized carbons (Fsp3) is 0.763. The van der Waals surface area contributed by atoms with Gasteiger partial charge in [0.25, 0.3) is 0 Å². The highest BCUT2D eigenvalue weighted by Crippen LogP contribution is 2.22. The molecule has 0 aromatic heterocycles. The number of nitrogens with one attached hydrogen (secondary N) is 1. The average Bonchev–Trinajstić information content (AvgIpc) is 3.07. The largest absolute Gasteiger partial charge is 0.394 e. The summed E-state index contributed by atoms with van der Waals surface area (Å²) in [5.74, 6) is -0.207. The first-order valence-corrected chi connectivity index (χ1v) is 18.4. The van der Waals surface area contributed by atoms with E-state index >= 15 is 0 Å². The summed E-state index contributed by atoms with van der Waals surface area (Å²) in [4.78, 5) is 12.8. The third-order valence-corrected chi connectivity index (χ3v) is 8.37.